The van der Waals surface area contributed by atoms with Gasteiger partial charge in [0.1, 0.15) is 11.4 Å². The highest BCUT2D eigenvalue weighted by Gasteiger charge is 2.43. The molecule has 3 aromatic rings. The number of aliphatic hydroxyl groups is 1. The number of nitrogens with zero attached hydrogens (tertiary/aromatic N) is 2. The molecular weight excluding hydrogens is 435 g/mol. The molecule has 0 radical (unpaired) electrons. The van der Waals surface area contributed by atoms with Crippen molar-refractivity contribution < 1.29 is 19.0 Å². The van der Waals surface area contributed by atoms with Gasteiger partial charge in [0.05, 0.1) is 6.04 Å². The van der Waals surface area contributed by atoms with Crippen molar-refractivity contribution in [3.8, 4) is 11.1 Å². The van der Waals surface area contributed by atoms with Gasteiger partial charge < -0.3 is 19.3 Å². The van der Waals surface area contributed by atoms with Gasteiger partial charge in [-0.15, -0.1) is 0 Å². The molecule has 0 aliphatic carbocycles. The number of hydrogen-bond donors (Lipinski definition) is 1. The molecule has 0 spiro atoms. The number of rotatable bonds is 7. The van der Waals surface area contributed by atoms with E-state index in [2.05, 4.69) is 0 Å². The molecule has 7 heteroatoms. The number of amides is 1. The van der Waals surface area contributed by atoms with E-state index in [4.69, 9.17) is 4.74 Å². The summed E-state index contributed by atoms with van der Waals surface area (Å²) in [4.78, 5) is 27.2. The smallest absolute Gasteiger partial charge is 0.411 e. The van der Waals surface area contributed by atoms with Crippen LogP contribution in [-0.4, -0.2) is 33.8 Å². The predicted octanol–water partition coefficient (Wildman–Crippen LogP) is 4.76. The Kier molecular flexibility index (Phi) is 6.84. The van der Waals surface area contributed by atoms with Crippen LogP contribution >= 0.6 is 0 Å². The number of hydrogen-bond acceptors (Lipinski definition) is 4. The van der Waals surface area contributed by atoms with Crippen molar-refractivity contribution in [1.82, 2.24) is 9.47 Å². The molecule has 1 aliphatic heterocycles. The summed E-state index contributed by atoms with van der Waals surface area (Å²) in [6.07, 6.45) is 2.75. The second-order valence-corrected chi connectivity index (χ2v) is 8.78. The Balaban J connectivity index is 1.53. The first kappa shape index (κ1) is 23.7. The minimum Gasteiger partial charge on any atom is -0.438 e. The maximum absolute atomic E-state index is 13.5. The summed E-state index contributed by atoms with van der Waals surface area (Å²) in [5, 5.41) is 9.36. The third-order valence-electron chi connectivity index (χ3n) is 6.68. The number of carbonyl (C=O) groups excluding carboxylic acids is 1. The lowest BCUT2D eigenvalue weighted by Crippen LogP contribution is -2.48. The zero-order chi connectivity index (χ0) is 24.3. The van der Waals surface area contributed by atoms with E-state index in [0.29, 0.717) is 31.4 Å². The van der Waals surface area contributed by atoms with Crippen molar-refractivity contribution in [3.05, 3.63) is 94.2 Å². The number of aliphatic hydroxyl groups excluding tert-OH is 1. The fraction of sp³-hybridized carbons (Fsp3) is 0.333. The van der Waals surface area contributed by atoms with Crippen molar-refractivity contribution in [2.24, 2.45) is 7.05 Å². The van der Waals surface area contributed by atoms with Crippen molar-refractivity contribution in [2.75, 3.05) is 13.2 Å². The van der Waals surface area contributed by atoms with Crippen LogP contribution in [0.5, 0.6) is 0 Å². The molecule has 34 heavy (non-hydrogen) atoms. The molecule has 2 heterocycles. The van der Waals surface area contributed by atoms with E-state index in [1.54, 1.807) is 40.9 Å². The molecule has 2 atom stereocenters. The van der Waals surface area contributed by atoms with Crippen LogP contribution in [0.25, 0.3) is 11.1 Å². The van der Waals surface area contributed by atoms with Gasteiger partial charge in [0, 0.05) is 38.4 Å². The molecule has 1 saturated heterocycles. The molecule has 1 amide bonds. The molecule has 6 nitrogen and oxygen atoms in total. The highest BCUT2D eigenvalue weighted by molar-refractivity contribution is 5.70. The average molecular weight is 465 g/mol. The van der Waals surface area contributed by atoms with Crippen molar-refractivity contribution in [1.29, 1.82) is 0 Å². The number of cyclic esters (lactones) is 1. The van der Waals surface area contributed by atoms with E-state index in [0.717, 1.165) is 16.7 Å². The van der Waals surface area contributed by atoms with Gasteiger partial charge in [-0.1, -0.05) is 36.4 Å². The summed E-state index contributed by atoms with van der Waals surface area (Å²) in [5.74, 6) is -0.352. The SMILES string of the molecule is C[C@@H](c1ccc(-c2cccn(C)c2=O)cc1)N1CC[C@](CCCO)(c2ccc(F)cc2)OC1=O. The first-order valence-electron chi connectivity index (χ1n) is 11.5. The van der Waals surface area contributed by atoms with Gasteiger partial charge in [-0.3, -0.25) is 4.79 Å². The Morgan fingerprint density at radius 2 is 1.79 bits per heavy atom. The minimum atomic E-state index is -0.888. The number of halogens is 1. The summed E-state index contributed by atoms with van der Waals surface area (Å²) in [5.41, 5.74) is 2.14. The van der Waals surface area contributed by atoms with Crippen molar-refractivity contribution in [2.45, 2.75) is 37.8 Å². The van der Waals surface area contributed by atoms with E-state index in [-0.39, 0.29) is 24.0 Å². The molecular formula is C27H29FN2O4. The minimum absolute atomic E-state index is 0.0164. The second kappa shape index (κ2) is 9.81. The van der Waals surface area contributed by atoms with Crippen LogP contribution in [0.2, 0.25) is 0 Å². The van der Waals surface area contributed by atoms with E-state index >= 15 is 0 Å². The first-order valence-corrected chi connectivity index (χ1v) is 11.5. The molecule has 1 fully saturated rings. The van der Waals surface area contributed by atoms with E-state index < -0.39 is 11.7 Å². The van der Waals surface area contributed by atoms with Gasteiger partial charge in [0.2, 0.25) is 0 Å². The number of pyridine rings is 1. The monoisotopic (exact) mass is 464 g/mol. The topological polar surface area (TPSA) is 71.8 Å². The molecule has 1 aliphatic rings. The lowest BCUT2D eigenvalue weighted by atomic mass is 9.84. The maximum atomic E-state index is 13.5. The lowest BCUT2D eigenvalue weighted by Gasteiger charge is -2.43. The number of benzene rings is 2. The van der Waals surface area contributed by atoms with E-state index in [1.165, 1.54) is 12.1 Å². The largest absolute Gasteiger partial charge is 0.438 e. The Bertz CT molecular complexity index is 1210. The van der Waals surface area contributed by atoms with Crippen LogP contribution in [0, 0.1) is 5.82 Å². The van der Waals surface area contributed by atoms with Crippen LogP contribution in [0.4, 0.5) is 9.18 Å². The molecule has 2 aromatic carbocycles. The highest BCUT2D eigenvalue weighted by Crippen LogP contribution is 2.40. The van der Waals surface area contributed by atoms with Crippen LogP contribution in [0.3, 0.4) is 0 Å². The Morgan fingerprint density at radius 1 is 1.09 bits per heavy atom. The quantitative estimate of drug-likeness (QED) is 0.547. The summed E-state index contributed by atoms with van der Waals surface area (Å²) in [6.45, 7) is 2.39. The fourth-order valence-electron chi connectivity index (χ4n) is 4.60. The summed E-state index contributed by atoms with van der Waals surface area (Å²) < 4.78 is 21.0. The van der Waals surface area contributed by atoms with Gasteiger partial charge in [-0.25, -0.2) is 9.18 Å². The molecule has 178 valence electrons. The summed E-state index contributed by atoms with van der Waals surface area (Å²) >= 11 is 0. The predicted molar refractivity (Wildman–Crippen MR) is 128 cm³/mol. The highest BCUT2D eigenvalue weighted by atomic mass is 19.1. The Labute approximate surface area is 198 Å². The fourth-order valence-corrected chi connectivity index (χ4v) is 4.60. The normalized spacial score (nSPS) is 19.1. The molecule has 0 unspecified atom stereocenters. The van der Waals surface area contributed by atoms with E-state index in [1.807, 2.05) is 37.3 Å². The average Bonchev–Trinajstić information content (AvgIpc) is 2.85. The summed E-state index contributed by atoms with van der Waals surface area (Å²) in [7, 11) is 1.72. The molecule has 1 N–H and O–H groups in total. The second-order valence-electron chi connectivity index (χ2n) is 8.78. The zero-order valence-electron chi connectivity index (χ0n) is 19.4. The maximum Gasteiger partial charge on any atom is 0.411 e. The van der Waals surface area contributed by atoms with Gasteiger partial charge in [-0.05, 0) is 60.7 Å². The van der Waals surface area contributed by atoms with Gasteiger partial charge >= 0.3 is 6.09 Å². The molecule has 1 aromatic heterocycles. The number of ether oxygens (including phenoxy) is 1. The zero-order valence-corrected chi connectivity index (χ0v) is 19.4. The molecule has 0 saturated carbocycles. The van der Waals surface area contributed by atoms with Crippen LogP contribution < -0.4 is 5.56 Å². The Hall–Kier alpha value is -3.45. The first-order chi connectivity index (χ1) is 16.3. The lowest BCUT2D eigenvalue weighted by molar-refractivity contribution is -0.0680. The van der Waals surface area contributed by atoms with Crippen molar-refractivity contribution in [3.63, 3.8) is 0 Å². The number of carbonyl (C=O) groups is 1. The standard InChI is InChI=1S/C27H29FN2O4/c1-19(20-6-8-21(9-7-20)24-5-3-16-29(2)25(24)32)30-17-15-27(14-4-18-31,34-26(30)33)22-10-12-23(28)13-11-22/h3,5-13,16,19,31H,4,14-15,17-18H2,1-2H3/t19-,27+/m0/s1. The van der Waals surface area contributed by atoms with Crippen LogP contribution in [-0.2, 0) is 17.4 Å². The Morgan fingerprint density at radius 3 is 2.44 bits per heavy atom. The van der Waals surface area contributed by atoms with E-state index in [9.17, 15) is 19.1 Å². The van der Waals surface area contributed by atoms with Crippen LogP contribution in [0.1, 0.15) is 43.4 Å². The van der Waals surface area contributed by atoms with Crippen LogP contribution in [0.15, 0.2) is 71.7 Å². The third kappa shape index (κ3) is 4.61. The van der Waals surface area contributed by atoms with Gasteiger partial charge in [0.25, 0.3) is 5.56 Å². The number of aromatic nitrogens is 1. The molecule has 0 bridgehead atoms. The third-order valence-corrected chi connectivity index (χ3v) is 6.68. The summed E-state index contributed by atoms with van der Waals surface area (Å²) in [6, 6.07) is 17.0. The molecule has 4 rings (SSSR count). The van der Waals surface area contributed by atoms with Crippen molar-refractivity contribution >= 4 is 6.09 Å². The van der Waals surface area contributed by atoms with Gasteiger partial charge in [-0.2, -0.15) is 0 Å². The number of aryl methyl sites for hydroxylation is 1. The van der Waals surface area contributed by atoms with Gasteiger partial charge in [0.15, 0.2) is 0 Å².